The van der Waals surface area contributed by atoms with Crippen LogP contribution in [0, 0.1) is 0 Å². The van der Waals surface area contributed by atoms with Gasteiger partial charge in [0.1, 0.15) is 11.4 Å². The molecule has 0 atom stereocenters. The fourth-order valence-electron chi connectivity index (χ4n) is 2.29. The molecule has 4 heterocycles. The van der Waals surface area contributed by atoms with Gasteiger partial charge in [-0.3, -0.25) is 14.8 Å². The third-order valence-electron chi connectivity index (χ3n) is 3.53. The quantitative estimate of drug-likeness (QED) is 0.690. The predicted octanol–water partition coefficient (Wildman–Crippen LogP) is 0.556. The van der Waals surface area contributed by atoms with Gasteiger partial charge in [0.05, 0.1) is 18.3 Å². The van der Waals surface area contributed by atoms with Crippen LogP contribution in [0.3, 0.4) is 0 Å². The summed E-state index contributed by atoms with van der Waals surface area (Å²) in [7, 11) is 0. The summed E-state index contributed by atoms with van der Waals surface area (Å²) in [6.45, 7) is 1.02. The van der Waals surface area contributed by atoms with Crippen LogP contribution in [0.15, 0.2) is 41.7 Å². The first-order chi connectivity index (χ1) is 11.3. The lowest BCUT2D eigenvalue weighted by Gasteiger charge is -2.36. The summed E-state index contributed by atoms with van der Waals surface area (Å²) in [6.07, 6.45) is 9.19. The molecule has 3 aromatic rings. The van der Waals surface area contributed by atoms with Crippen molar-refractivity contribution in [2.75, 3.05) is 13.1 Å². The molecule has 9 nitrogen and oxygen atoms in total. The Morgan fingerprint density at radius 2 is 1.87 bits per heavy atom. The molecule has 23 heavy (non-hydrogen) atoms. The van der Waals surface area contributed by atoms with Crippen molar-refractivity contribution in [1.29, 1.82) is 0 Å². The Labute approximate surface area is 130 Å². The van der Waals surface area contributed by atoms with Crippen molar-refractivity contribution in [3.8, 4) is 11.5 Å². The molecular weight excluding hydrogens is 298 g/mol. The number of hydrogen-bond donors (Lipinski definition) is 0. The third-order valence-corrected chi connectivity index (χ3v) is 3.53. The average molecular weight is 309 g/mol. The minimum Gasteiger partial charge on any atom is -0.338 e. The molecule has 1 aliphatic heterocycles. The third kappa shape index (κ3) is 2.52. The lowest BCUT2D eigenvalue weighted by atomic mass is 10.00. The summed E-state index contributed by atoms with van der Waals surface area (Å²) in [5.41, 5.74) is 0.881. The van der Waals surface area contributed by atoms with E-state index < -0.39 is 0 Å². The Hall–Kier alpha value is -3.23. The molecule has 0 aromatic carbocycles. The average Bonchev–Trinajstić information content (AvgIpc) is 3.05. The van der Waals surface area contributed by atoms with Crippen molar-refractivity contribution in [3.05, 3.63) is 48.8 Å². The van der Waals surface area contributed by atoms with Crippen LogP contribution >= 0.6 is 0 Å². The number of carbonyl (C=O) groups excluding carboxylic acids is 1. The summed E-state index contributed by atoms with van der Waals surface area (Å²) in [5.74, 6) is 0.761. The smallest absolute Gasteiger partial charge is 0.274 e. The minimum absolute atomic E-state index is 0.0218. The van der Waals surface area contributed by atoms with Gasteiger partial charge < -0.3 is 9.42 Å². The maximum Gasteiger partial charge on any atom is 0.274 e. The van der Waals surface area contributed by atoms with Gasteiger partial charge in [0.15, 0.2) is 0 Å². The fourth-order valence-corrected chi connectivity index (χ4v) is 2.29. The van der Waals surface area contributed by atoms with Gasteiger partial charge in [0.25, 0.3) is 5.91 Å². The van der Waals surface area contributed by atoms with Crippen molar-refractivity contribution in [3.63, 3.8) is 0 Å². The van der Waals surface area contributed by atoms with E-state index in [2.05, 4.69) is 30.1 Å². The zero-order chi connectivity index (χ0) is 15.6. The summed E-state index contributed by atoms with van der Waals surface area (Å²) >= 11 is 0. The minimum atomic E-state index is -0.150. The van der Waals surface area contributed by atoms with E-state index in [1.165, 1.54) is 18.6 Å². The lowest BCUT2D eigenvalue weighted by Crippen LogP contribution is -2.48. The van der Waals surface area contributed by atoms with Gasteiger partial charge in [-0.1, -0.05) is 5.16 Å². The first-order valence-electron chi connectivity index (χ1n) is 6.96. The highest BCUT2D eigenvalue weighted by Gasteiger charge is 2.36. The summed E-state index contributed by atoms with van der Waals surface area (Å²) in [5, 5.41) is 3.90. The second kappa shape index (κ2) is 5.52. The molecule has 1 aliphatic rings. The Morgan fingerprint density at radius 1 is 1.09 bits per heavy atom. The lowest BCUT2D eigenvalue weighted by molar-refractivity contribution is 0.0562. The highest BCUT2D eigenvalue weighted by molar-refractivity contribution is 5.92. The summed E-state index contributed by atoms with van der Waals surface area (Å²) in [4.78, 5) is 34.1. The molecule has 1 fully saturated rings. The molecule has 9 heteroatoms. The van der Waals surface area contributed by atoms with E-state index in [0.29, 0.717) is 36.2 Å². The van der Waals surface area contributed by atoms with Crippen LogP contribution in [0.2, 0.25) is 0 Å². The van der Waals surface area contributed by atoms with Gasteiger partial charge >= 0.3 is 0 Å². The summed E-state index contributed by atoms with van der Waals surface area (Å²) < 4.78 is 5.26. The molecule has 0 spiro atoms. The number of nitrogens with zero attached hydrogens (tertiary/aromatic N) is 7. The van der Waals surface area contributed by atoms with Crippen LogP contribution in [0.4, 0.5) is 0 Å². The molecule has 1 amide bonds. The molecule has 4 rings (SSSR count). The van der Waals surface area contributed by atoms with E-state index in [9.17, 15) is 4.79 Å². The highest BCUT2D eigenvalue weighted by atomic mass is 16.5. The standard InChI is InChI=1S/C14H11N7O2/c22-14(11-6-16-2-4-18-11)21-7-9(8-21)13-19-12(20-23-13)10-5-15-1-3-17-10/h1-6,9H,7-8H2. The van der Waals surface area contributed by atoms with Gasteiger partial charge in [-0.15, -0.1) is 0 Å². The zero-order valence-electron chi connectivity index (χ0n) is 11.9. The molecule has 0 N–H and O–H groups in total. The molecular formula is C14H11N7O2. The molecule has 114 valence electrons. The normalized spacial score (nSPS) is 14.5. The molecule has 0 saturated carbocycles. The topological polar surface area (TPSA) is 111 Å². The number of rotatable bonds is 3. The van der Waals surface area contributed by atoms with Crippen molar-refractivity contribution < 1.29 is 9.32 Å². The van der Waals surface area contributed by atoms with Crippen molar-refractivity contribution in [2.24, 2.45) is 0 Å². The molecule has 0 aliphatic carbocycles. The maximum atomic E-state index is 12.2. The predicted molar refractivity (Wildman–Crippen MR) is 76.0 cm³/mol. The number of carbonyl (C=O) groups is 1. The maximum absolute atomic E-state index is 12.2. The summed E-state index contributed by atoms with van der Waals surface area (Å²) in [6, 6.07) is 0. The zero-order valence-corrected chi connectivity index (χ0v) is 11.9. The number of amides is 1. The second-order valence-electron chi connectivity index (χ2n) is 5.04. The van der Waals surface area contributed by atoms with E-state index in [4.69, 9.17) is 4.52 Å². The Bertz CT molecular complexity index is 815. The largest absolute Gasteiger partial charge is 0.338 e. The van der Waals surface area contributed by atoms with Crippen LogP contribution < -0.4 is 0 Å². The SMILES string of the molecule is O=C(c1cnccn1)N1CC(c2nc(-c3cnccn3)no2)C1. The van der Waals surface area contributed by atoms with Crippen LogP contribution in [-0.4, -0.2) is 54.0 Å². The second-order valence-corrected chi connectivity index (χ2v) is 5.04. The number of hydrogen-bond acceptors (Lipinski definition) is 8. The Balaban J connectivity index is 1.43. The first-order valence-corrected chi connectivity index (χ1v) is 6.96. The Morgan fingerprint density at radius 3 is 2.57 bits per heavy atom. The van der Waals surface area contributed by atoms with Crippen LogP contribution in [0.25, 0.3) is 11.5 Å². The van der Waals surface area contributed by atoms with E-state index in [1.807, 2.05) is 0 Å². The molecule has 0 radical (unpaired) electrons. The van der Waals surface area contributed by atoms with E-state index in [-0.39, 0.29) is 11.8 Å². The number of likely N-dealkylation sites (tertiary alicyclic amines) is 1. The van der Waals surface area contributed by atoms with E-state index in [1.54, 1.807) is 23.5 Å². The highest BCUT2D eigenvalue weighted by Crippen LogP contribution is 2.27. The fraction of sp³-hybridized carbons (Fsp3) is 0.214. The van der Waals surface area contributed by atoms with Crippen LogP contribution in [-0.2, 0) is 0 Å². The van der Waals surface area contributed by atoms with Gasteiger partial charge in [0, 0.05) is 37.9 Å². The van der Waals surface area contributed by atoms with Crippen LogP contribution in [0.5, 0.6) is 0 Å². The van der Waals surface area contributed by atoms with Crippen molar-refractivity contribution >= 4 is 5.91 Å². The van der Waals surface area contributed by atoms with Gasteiger partial charge in [-0.05, 0) is 0 Å². The molecule has 0 unspecified atom stereocenters. The van der Waals surface area contributed by atoms with Gasteiger partial charge in [-0.2, -0.15) is 4.98 Å². The van der Waals surface area contributed by atoms with Crippen molar-refractivity contribution in [2.45, 2.75) is 5.92 Å². The molecule has 0 bridgehead atoms. The molecule has 1 saturated heterocycles. The van der Waals surface area contributed by atoms with Crippen LogP contribution in [0.1, 0.15) is 22.3 Å². The van der Waals surface area contributed by atoms with E-state index in [0.717, 1.165) is 0 Å². The van der Waals surface area contributed by atoms with Gasteiger partial charge in [-0.25, -0.2) is 9.97 Å². The molecule has 3 aromatic heterocycles. The monoisotopic (exact) mass is 309 g/mol. The van der Waals surface area contributed by atoms with E-state index >= 15 is 0 Å². The first kappa shape index (κ1) is 13.4. The van der Waals surface area contributed by atoms with Crippen molar-refractivity contribution in [1.82, 2.24) is 35.0 Å². The Kier molecular flexibility index (Phi) is 3.22. The van der Waals surface area contributed by atoms with Gasteiger partial charge in [0.2, 0.25) is 11.7 Å². The number of aromatic nitrogens is 6.